The fraction of sp³-hybridized carbons (Fsp3) is 0.933. The Balaban J connectivity index is 2.82. The second-order valence-electron chi connectivity index (χ2n) is 6.37. The van der Waals surface area contributed by atoms with Gasteiger partial charge in [-0.25, -0.2) is 0 Å². The molecule has 1 rings (SSSR count). The molecule has 4 nitrogen and oxygen atoms in total. The Hall–Kier alpha value is -0.610. The van der Waals surface area contributed by atoms with E-state index < -0.39 is 5.97 Å². The van der Waals surface area contributed by atoms with E-state index in [1.54, 1.807) is 0 Å². The minimum atomic E-state index is -0.618. The van der Waals surface area contributed by atoms with Crippen molar-refractivity contribution in [3.63, 3.8) is 0 Å². The van der Waals surface area contributed by atoms with Crippen LogP contribution in [0.5, 0.6) is 0 Å². The van der Waals surface area contributed by atoms with Crippen molar-refractivity contribution in [2.45, 2.75) is 52.1 Å². The van der Waals surface area contributed by atoms with Gasteiger partial charge in [0, 0.05) is 18.6 Å². The van der Waals surface area contributed by atoms with E-state index in [-0.39, 0.29) is 12.0 Å². The van der Waals surface area contributed by atoms with Gasteiger partial charge in [0.05, 0.1) is 5.92 Å². The molecule has 4 heteroatoms. The smallest absolute Gasteiger partial charge is 0.308 e. The third-order valence-corrected chi connectivity index (χ3v) is 4.38. The van der Waals surface area contributed by atoms with Crippen molar-refractivity contribution >= 4 is 5.97 Å². The van der Waals surface area contributed by atoms with Crippen LogP contribution < -0.4 is 0 Å². The summed E-state index contributed by atoms with van der Waals surface area (Å²) in [5.41, 5.74) is 0. The van der Waals surface area contributed by atoms with Crippen molar-refractivity contribution in [2.24, 2.45) is 11.8 Å². The fourth-order valence-electron chi connectivity index (χ4n) is 3.51. The van der Waals surface area contributed by atoms with Gasteiger partial charge < -0.3 is 10.0 Å². The molecule has 0 radical (unpaired) electrons. The van der Waals surface area contributed by atoms with E-state index in [0.29, 0.717) is 12.0 Å². The summed E-state index contributed by atoms with van der Waals surface area (Å²) in [7, 11) is 4.14. The number of rotatable bonds is 6. The molecule has 0 amide bonds. The molecule has 1 N–H and O–H groups in total. The zero-order valence-corrected chi connectivity index (χ0v) is 13.1. The largest absolute Gasteiger partial charge is 0.481 e. The third kappa shape index (κ3) is 4.46. The molecule has 1 aliphatic rings. The summed E-state index contributed by atoms with van der Waals surface area (Å²) in [4.78, 5) is 16.1. The van der Waals surface area contributed by atoms with Gasteiger partial charge >= 0.3 is 5.97 Å². The molecule has 1 fully saturated rings. The first-order valence-electron chi connectivity index (χ1n) is 7.50. The van der Waals surface area contributed by atoms with Crippen molar-refractivity contribution < 1.29 is 9.90 Å². The van der Waals surface area contributed by atoms with Gasteiger partial charge in [-0.15, -0.1) is 0 Å². The van der Waals surface area contributed by atoms with Gasteiger partial charge in [0.25, 0.3) is 0 Å². The molecule has 4 unspecified atom stereocenters. The van der Waals surface area contributed by atoms with Crippen LogP contribution in [0.3, 0.4) is 0 Å². The van der Waals surface area contributed by atoms with Crippen LogP contribution in [-0.2, 0) is 4.79 Å². The summed E-state index contributed by atoms with van der Waals surface area (Å²) in [5, 5.41) is 9.47. The number of nitrogens with zero attached hydrogens (tertiary/aromatic N) is 2. The first kappa shape index (κ1) is 16.4. The molecule has 0 bridgehead atoms. The number of carboxylic acid groups (broad SMARTS) is 1. The lowest BCUT2D eigenvalue weighted by Crippen LogP contribution is -2.52. The standard InChI is InChI=1S/C15H30N2O2/c1-6-17(12(3)10-16(4)5)14-9-11(2)7-8-13(14)15(18)19/h11-14H,6-10H2,1-5H3,(H,18,19). The van der Waals surface area contributed by atoms with Crippen molar-refractivity contribution in [3.8, 4) is 0 Å². The molecule has 0 heterocycles. The van der Waals surface area contributed by atoms with Crippen LogP contribution in [0.4, 0.5) is 0 Å². The molecular weight excluding hydrogens is 240 g/mol. The maximum Gasteiger partial charge on any atom is 0.308 e. The number of hydrogen-bond donors (Lipinski definition) is 1. The van der Waals surface area contributed by atoms with E-state index in [1.165, 1.54) is 0 Å². The maximum atomic E-state index is 11.5. The first-order valence-corrected chi connectivity index (χ1v) is 7.50. The second-order valence-corrected chi connectivity index (χ2v) is 6.37. The van der Waals surface area contributed by atoms with Gasteiger partial charge in [0.2, 0.25) is 0 Å². The number of aliphatic carboxylic acids is 1. The van der Waals surface area contributed by atoms with Crippen LogP contribution in [0.1, 0.15) is 40.0 Å². The summed E-state index contributed by atoms with van der Waals surface area (Å²) in [5.74, 6) is -0.172. The van der Waals surface area contributed by atoms with E-state index >= 15 is 0 Å². The van der Waals surface area contributed by atoms with Gasteiger partial charge in [0.15, 0.2) is 0 Å². The van der Waals surface area contributed by atoms with E-state index in [9.17, 15) is 9.90 Å². The summed E-state index contributed by atoms with van der Waals surface area (Å²) < 4.78 is 0. The molecule has 0 aromatic carbocycles. The molecule has 0 aromatic rings. The summed E-state index contributed by atoms with van der Waals surface area (Å²) >= 11 is 0. The van der Waals surface area contributed by atoms with Crippen LogP contribution >= 0.6 is 0 Å². The van der Waals surface area contributed by atoms with Crippen LogP contribution in [0.15, 0.2) is 0 Å². The van der Waals surface area contributed by atoms with Crippen molar-refractivity contribution in [2.75, 3.05) is 27.2 Å². The minimum Gasteiger partial charge on any atom is -0.481 e. The predicted octanol–water partition coefficient (Wildman–Crippen LogP) is 2.15. The first-order chi connectivity index (χ1) is 8.86. The summed E-state index contributed by atoms with van der Waals surface area (Å²) in [6.07, 6.45) is 2.89. The van der Waals surface area contributed by atoms with Crippen LogP contribution in [0.2, 0.25) is 0 Å². The highest BCUT2D eigenvalue weighted by molar-refractivity contribution is 5.71. The Kier molecular flexibility index (Phi) is 6.27. The number of likely N-dealkylation sites (N-methyl/N-ethyl adjacent to an activating group) is 2. The molecule has 0 aliphatic heterocycles. The summed E-state index contributed by atoms with van der Waals surface area (Å²) in [6.45, 7) is 8.50. The van der Waals surface area contributed by atoms with Gasteiger partial charge in [-0.05, 0) is 52.7 Å². The van der Waals surface area contributed by atoms with E-state index in [2.05, 4.69) is 44.7 Å². The maximum absolute atomic E-state index is 11.5. The van der Waals surface area contributed by atoms with Gasteiger partial charge in [-0.1, -0.05) is 13.8 Å². The van der Waals surface area contributed by atoms with Gasteiger partial charge in [-0.2, -0.15) is 0 Å². The average Bonchev–Trinajstić information content (AvgIpc) is 2.28. The molecule has 4 atom stereocenters. The molecule has 0 saturated heterocycles. The fourth-order valence-corrected chi connectivity index (χ4v) is 3.51. The van der Waals surface area contributed by atoms with E-state index in [1.807, 2.05) is 0 Å². The lowest BCUT2D eigenvalue weighted by atomic mass is 9.78. The molecule has 0 aromatic heterocycles. The second kappa shape index (κ2) is 7.25. The van der Waals surface area contributed by atoms with Gasteiger partial charge in [0.1, 0.15) is 0 Å². The Bertz CT molecular complexity index is 294. The predicted molar refractivity (Wildman–Crippen MR) is 78.3 cm³/mol. The molecule has 0 spiro atoms. The monoisotopic (exact) mass is 270 g/mol. The van der Waals surface area contributed by atoms with Crippen molar-refractivity contribution in [1.82, 2.24) is 9.80 Å². The normalized spacial score (nSPS) is 29.7. The molecule has 19 heavy (non-hydrogen) atoms. The highest BCUT2D eigenvalue weighted by atomic mass is 16.4. The van der Waals surface area contributed by atoms with Crippen molar-refractivity contribution in [3.05, 3.63) is 0 Å². The van der Waals surface area contributed by atoms with E-state index in [0.717, 1.165) is 32.4 Å². The highest BCUT2D eigenvalue weighted by Gasteiger charge is 2.38. The lowest BCUT2D eigenvalue weighted by Gasteiger charge is -2.43. The Morgan fingerprint density at radius 3 is 2.47 bits per heavy atom. The lowest BCUT2D eigenvalue weighted by molar-refractivity contribution is -0.146. The number of carboxylic acids is 1. The third-order valence-electron chi connectivity index (χ3n) is 4.38. The minimum absolute atomic E-state index is 0.194. The Labute approximate surface area is 117 Å². The topological polar surface area (TPSA) is 43.8 Å². The average molecular weight is 270 g/mol. The zero-order valence-electron chi connectivity index (χ0n) is 13.1. The Morgan fingerprint density at radius 1 is 1.37 bits per heavy atom. The molecule has 1 saturated carbocycles. The van der Waals surface area contributed by atoms with E-state index in [4.69, 9.17) is 0 Å². The highest BCUT2D eigenvalue weighted by Crippen LogP contribution is 2.33. The quantitative estimate of drug-likeness (QED) is 0.803. The molecule has 1 aliphatic carbocycles. The van der Waals surface area contributed by atoms with Crippen LogP contribution in [-0.4, -0.2) is 60.1 Å². The van der Waals surface area contributed by atoms with Gasteiger partial charge in [-0.3, -0.25) is 9.69 Å². The van der Waals surface area contributed by atoms with Crippen LogP contribution in [0.25, 0.3) is 0 Å². The number of hydrogen-bond acceptors (Lipinski definition) is 3. The Morgan fingerprint density at radius 2 is 2.00 bits per heavy atom. The SMILES string of the molecule is CCN(C(C)CN(C)C)C1CC(C)CCC1C(=O)O. The molecular formula is C15H30N2O2. The zero-order chi connectivity index (χ0) is 14.6. The summed E-state index contributed by atoms with van der Waals surface area (Å²) in [6, 6.07) is 0.596. The molecule has 112 valence electrons. The number of carbonyl (C=O) groups is 1. The van der Waals surface area contributed by atoms with Crippen molar-refractivity contribution in [1.29, 1.82) is 0 Å². The van der Waals surface area contributed by atoms with Crippen LogP contribution in [0, 0.1) is 11.8 Å².